The van der Waals surface area contributed by atoms with Gasteiger partial charge in [-0.2, -0.15) is 0 Å². The van der Waals surface area contributed by atoms with Gasteiger partial charge >= 0.3 is 0 Å². The number of aromatic nitrogens is 1. The molecule has 0 spiro atoms. The summed E-state index contributed by atoms with van der Waals surface area (Å²) in [5.74, 6) is 0. The lowest BCUT2D eigenvalue weighted by atomic mass is 10.3. The smallest absolute Gasteiger partial charge is 0.245 e. The molecule has 2 N–H and O–H groups in total. The van der Waals surface area contributed by atoms with Crippen LogP contribution in [0.4, 0.5) is 0 Å². The third-order valence-corrected chi connectivity index (χ3v) is 5.96. The van der Waals surface area contributed by atoms with Crippen molar-refractivity contribution in [3.8, 4) is 0 Å². The Labute approximate surface area is 133 Å². The van der Waals surface area contributed by atoms with Crippen molar-refractivity contribution >= 4 is 38.6 Å². The van der Waals surface area contributed by atoms with E-state index in [-0.39, 0.29) is 15.6 Å². The first-order chi connectivity index (χ1) is 9.93. The van der Waals surface area contributed by atoms with Gasteiger partial charge in [-0.3, -0.25) is 4.98 Å². The highest BCUT2D eigenvalue weighted by molar-refractivity contribution is 7.89. The maximum absolute atomic E-state index is 12.6. The van der Waals surface area contributed by atoms with Crippen LogP contribution in [0.5, 0.6) is 0 Å². The minimum Gasteiger partial charge on any atom is -0.388 e. The van der Waals surface area contributed by atoms with Crippen molar-refractivity contribution in [1.29, 1.82) is 0 Å². The molecule has 0 bridgehead atoms. The molecular weight excluding hydrogens is 326 g/mol. The molecule has 2 heterocycles. The molecule has 2 aromatic rings. The standard InChI is InChI=1S/C13H15N3O2S3/c1-16(8-6-10-4-3-9-20-10)21(17,18)11-5-2-7-15-12(11)13(14)19/h2-5,7,9H,6,8H2,1H3,(H2,14,19). The van der Waals surface area contributed by atoms with Gasteiger partial charge in [0.2, 0.25) is 10.0 Å². The van der Waals surface area contributed by atoms with Gasteiger partial charge in [0.25, 0.3) is 0 Å². The molecule has 0 radical (unpaired) electrons. The van der Waals surface area contributed by atoms with Crippen LogP contribution in [-0.2, 0) is 16.4 Å². The van der Waals surface area contributed by atoms with Crippen LogP contribution in [0.25, 0.3) is 0 Å². The fraction of sp³-hybridized carbons (Fsp3) is 0.231. The van der Waals surface area contributed by atoms with Crippen LogP contribution in [0.15, 0.2) is 40.7 Å². The summed E-state index contributed by atoms with van der Waals surface area (Å²) in [6, 6.07) is 6.95. The van der Waals surface area contributed by atoms with E-state index >= 15 is 0 Å². The second-order valence-corrected chi connectivity index (χ2v) is 7.86. The molecule has 0 aromatic carbocycles. The number of likely N-dealkylation sites (N-methyl/N-ethyl adjacent to an activating group) is 1. The van der Waals surface area contributed by atoms with E-state index in [2.05, 4.69) is 4.98 Å². The third-order valence-electron chi connectivity index (χ3n) is 2.95. The first-order valence-corrected chi connectivity index (χ1v) is 8.89. The van der Waals surface area contributed by atoms with Crippen molar-refractivity contribution < 1.29 is 8.42 Å². The van der Waals surface area contributed by atoms with E-state index < -0.39 is 10.0 Å². The summed E-state index contributed by atoms with van der Waals surface area (Å²) in [6.45, 7) is 0.383. The van der Waals surface area contributed by atoms with Crippen molar-refractivity contribution in [3.05, 3.63) is 46.4 Å². The van der Waals surface area contributed by atoms with E-state index in [1.807, 2.05) is 17.5 Å². The predicted molar refractivity (Wildman–Crippen MR) is 88.0 cm³/mol. The first-order valence-electron chi connectivity index (χ1n) is 6.16. The summed E-state index contributed by atoms with van der Waals surface area (Å²) in [5.41, 5.74) is 5.68. The fourth-order valence-corrected chi connectivity index (χ4v) is 4.04. The zero-order valence-electron chi connectivity index (χ0n) is 11.4. The monoisotopic (exact) mass is 341 g/mol. The van der Waals surface area contributed by atoms with Crippen LogP contribution in [0.1, 0.15) is 10.6 Å². The Morgan fingerprint density at radius 3 is 2.81 bits per heavy atom. The van der Waals surface area contributed by atoms with Crippen LogP contribution in [0.2, 0.25) is 0 Å². The Hall–Kier alpha value is -1.35. The molecule has 0 aliphatic carbocycles. The summed E-state index contributed by atoms with van der Waals surface area (Å²) >= 11 is 6.47. The van der Waals surface area contributed by atoms with Gasteiger partial charge in [-0.05, 0) is 30.0 Å². The molecule has 2 aromatic heterocycles. The highest BCUT2D eigenvalue weighted by atomic mass is 32.2. The lowest BCUT2D eigenvalue weighted by Crippen LogP contribution is -2.31. The van der Waals surface area contributed by atoms with E-state index in [9.17, 15) is 8.42 Å². The molecule has 0 atom stereocenters. The Bertz CT molecular complexity index is 727. The van der Waals surface area contributed by atoms with Crippen LogP contribution in [0.3, 0.4) is 0 Å². The van der Waals surface area contributed by atoms with Crippen molar-refractivity contribution in [1.82, 2.24) is 9.29 Å². The largest absolute Gasteiger partial charge is 0.388 e. The third kappa shape index (κ3) is 3.65. The number of sulfonamides is 1. The number of nitrogens with two attached hydrogens (primary N) is 1. The Morgan fingerprint density at radius 2 is 2.19 bits per heavy atom. The number of rotatable bonds is 6. The van der Waals surface area contributed by atoms with Crippen LogP contribution in [-0.4, -0.2) is 36.3 Å². The summed E-state index contributed by atoms with van der Waals surface area (Å²) < 4.78 is 26.5. The van der Waals surface area contributed by atoms with Crippen molar-refractivity contribution in [3.63, 3.8) is 0 Å². The summed E-state index contributed by atoms with van der Waals surface area (Å²) in [5, 5.41) is 1.97. The molecule has 0 aliphatic rings. The molecule has 0 amide bonds. The van der Waals surface area contributed by atoms with Gasteiger partial charge in [0.15, 0.2) is 0 Å². The van der Waals surface area contributed by atoms with Gasteiger partial charge in [-0.25, -0.2) is 12.7 Å². The van der Waals surface area contributed by atoms with E-state index in [1.54, 1.807) is 24.5 Å². The summed E-state index contributed by atoms with van der Waals surface area (Å²) in [7, 11) is -2.12. The average molecular weight is 341 g/mol. The maximum Gasteiger partial charge on any atom is 0.245 e. The number of thiocarbonyl (C=S) groups is 1. The molecule has 112 valence electrons. The number of hydrogen-bond donors (Lipinski definition) is 1. The number of hydrogen-bond acceptors (Lipinski definition) is 5. The molecule has 0 saturated heterocycles. The van der Waals surface area contributed by atoms with Crippen molar-refractivity contribution in [2.45, 2.75) is 11.3 Å². The molecule has 8 heteroatoms. The predicted octanol–water partition coefficient (Wildman–Crippen LogP) is 1.64. The normalized spacial score (nSPS) is 11.7. The fourth-order valence-electron chi connectivity index (χ4n) is 1.79. The van der Waals surface area contributed by atoms with Gasteiger partial charge in [-0.15, -0.1) is 11.3 Å². The van der Waals surface area contributed by atoms with Gasteiger partial charge in [0, 0.05) is 24.7 Å². The van der Waals surface area contributed by atoms with Gasteiger partial charge < -0.3 is 5.73 Å². The molecule has 0 saturated carbocycles. The van der Waals surface area contributed by atoms with Gasteiger partial charge in [0.1, 0.15) is 15.6 Å². The lowest BCUT2D eigenvalue weighted by Gasteiger charge is -2.18. The molecule has 21 heavy (non-hydrogen) atoms. The van der Waals surface area contributed by atoms with Crippen LogP contribution >= 0.6 is 23.6 Å². The average Bonchev–Trinajstić information content (AvgIpc) is 2.97. The van der Waals surface area contributed by atoms with Gasteiger partial charge in [0.05, 0.1) is 0 Å². The minimum absolute atomic E-state index is 0.0270. The highest BCUT2D eigenvalue weighted by Crippen LogP contribution is 2.18. The van der Waals surface area contributed by atoms with Gasteiger partial charge in [-0.1, -0.05) is 18.3 Å². The minimum atomic E-state index is -3.66. The lowest BCUT2D eigenvalue weighted by molar-refractivity contribution is 0.473. The first kappa shape index (κ1) is 16.0. The molecular formula is C13H15N3O2S3. The van der Waals surface area contributed by atoms with E-state index in [1.165, 1.54) is 16.6 Å². The Morgan fingerprint density at radius 1 is 1.43 bits per heavy atom. The van der Waals surface area contributed by atoms with Crippen molar-refractivity contribution in [2.75, 3.05) is 13.6 Å². The zero-order valence-corrected chi connectivity index (χ0v) is 13.8. The van der Waals surface area contributed by atoms with Crippen LogP contribution < -0.4 is 5.73 Å². The molecule has 0 unspecified atom stereocenters. The maximum atomic E-state index is 12.6. The summed E-state index contributed by atoms with van der Waals surface area (Å²) in [6.07, 6.45) is 2.13. The van der Waals surface area contributed by atoms with Crippen molar-refractivity contribution in [2.24, 2.45) is 5.73 Å². The molecule has 5 nitrogen and oxygen atoms in total. The van der Waals surface area contributed by atoms with Crippen LogP contribution in [0, 0.1) is 0 Å². The summed E-state index contributed by atoms with van der Waals surface area (Å²) in [4.78, 5) is 5.12. The van der Waals surface area contributed by atoms with E-state index in [0.717, 1.165) is 4.88 Å². The molecule has 0 fully saturated rings. The SMILES string of the molecule is CN(CCc1cccs1)S(=O)(=O)c1cccnc1C(N)=S. The zero-order chi connectivity index (χ0) is 15.5. The topological polar surface area (TPSA) is 76.3 Å². The Kier molecular flexibility index (Phi) is 5.04. The Balaban J connectivity index is 2.23. The second-order valence-electron chi connectivity index (χ2n) is 4.37. The molecule has 2 rings (SSSR count). The quantitative estimate of drug-likeness (QED) is 0.808. The number of pyridine rings is 1. The number of thiophene rings is 1. The highest BCUT2D eigenvalue weighted by Gasteiger charge is 2.25. The number of nitrogens with zero attached hydrogens (tertiary/aromatic N) is 2. The molecule has 0 aliphatic heterocycles. The van der Waals surface area contributed by atoms with E-state index in [4.69, 9.17) is 18.0 Å². The van der Waals surface area contributed by atoms with E-state index in [0.29, 0.717) is 13.0 Å². The second kappa shape index (κ2) is 6.61.